The van der Waals surface area contributed by atoms with Gasteiger partial charge in [-0.3, -0.25) is 9.59 Å². The van der Waals surface area contributed by atoms with Gasteiger partial charge in [-0.2, -0.15) is 0 Å². The summed E-state index contributed by atoms with van der Waals surface area (Å²) in [4.78, 5) is 37.5. The molecule has 0 fully saturated rings. The Morgan fingerprint density at radius 1 is 0.316 bits per heavy atom. The van der Waals surface area contributed by atoms with E-state index in [9.17, 15) is 19.5 Å². The molecule has 524 valence electrons. The predicted octanol–water partition coefficient (Wildman–Crippen LogP) is 21.7. The van der Waals surface area contributed by atoms with E-state index >= 15 is 0 Å². The van der Waals surface area contributed by atoms with E-state index in [1.807, 2.05) is 21.1 Å². The van der Waals surface area contributed by atoms with Crippen LogP contribution in [-0.4, -0.2) is 82.3 Å². The van der Waals surface area contributed by atoms with Gasteiger partial charge in [0.25, 0.3) is 0 Å². The molecule has 0 aliphatic carbocycles. The third-order valence-electron chi connectivity index (χ3n) is 13.8. The number of aliphatic carboxylic acids is 1. The molecule has 0 saturated heterocycles. The van der Waals surface area contributed by atoms with Crippen LogP contribution in [0.5, 0.6) is 0 Å². The number of carboxylic acid groups (broad SMARTS) is 1. The summed E-state index contributed by atoms with van der Waals surface area (Å²) < 4.78 is 22.7. The first-order chi connectivity index (χ1) is 46.6. The van der Waals surface area contributed by atoms with Gasteiger partial charge in [-0.25, -0.2) is 0 Å². The molecular formula is C86H127NO8. The number of carbonyl (C=O) groups excluding carboxylic acids is 3. The number of unbranched alkanes of at least 4 members (excludes halogenated alkanes) is 5. The maximum absolute atomic E-state index is 12.9. The zero-order chi connectivity index (χ0) is 69.0. The number of esters is 2. The van der Waals surface area contributed by atoms with Crippen LogP contribution in [0.25, 0.3) is 0 Å². The van der Waals surface area contributed by atoms with Crippen molar-refractivity contribution >= 4 is 17.9 Å². The van der Waals surface area contributed by atoms with Crippen molar-refractivity contribution in [1.82, 2.24) is 0 Å². The highest BCUT2D eigenvalue weighted by Gasteiger charge is 2.22. The maximum atomic E-state index is 12.9. The van der Waals surface area contributed by atoms with Crippen LogP contribution in [0.4, 0.5) is 0 Å². The van der Waals surface area contributed by atoms with E-state index in [4.69, 9.17) is 18.9 Å². The Labute approximate surface area is 579 Å². The number of nitrogens with zero attached hydrogens (tertiary/aromatic N) is 1. The Balaban J connectivity index is 4.38. The first-order valence-electron chi connectivity index (χ1n) is 35.8. The molecule has 2 unspecified atom stereocenters. The van der Waals surface area contributed by atoms with Gasteiger partial charge in [-0.15, -0.1) is 0 Å². The normalized spacial score (nSPS) is 14.2. The molecule has 9 heteroatoms. The molecule has 0 aliphatic heterocycles. The molecule has 0 saturated carbocycles. The standard InChI is InChI=1S/C86H127NO8/c1-6-8-10-12-14-16-18-20-22-24-26-28-30-32-34-36-38-40-41-42-43-45-47-49-51-53-55-57-59-61-63-65-67-69-71-73-75-77-84(89)95-82(81-94-86(85(90)91)92-79-78-87(3,4)5)80-93-83(88)76-74-72-70-68-66-64-62-60-58-56-54-52-50-48-46-44-39-37-35-33-31-29-27-25-23-21-19-17-15-13-11-9-7-2/h8-11,14-17,20-23,26-29,32-35,38-40,42-44,47-50,53-56,59-62,65-68,82,86H,6-7,12-13,18-19,24-25,30-31,36-37,41,45-46,51-52,57-58,63-64,69-81H2,1-5H3/b10-8-,11-9-,16-14-,17-15-,22-20-,23-21-,28-26-,29-27-,34-32-,35-33-,40-38-,43-42-,44-39-,49-47-,50-48-,55-53-,56-54-,61-59-,62-60-,67-65-,68-66-. The summed E-state index contributed by atoms with van der Waals surface area (Å²) in [6, 6.07) is 0. The van der Waals surface area contributed by atoms with E-state index in [2.05, 4.69) is 269 Å². The number of allylic oxidation sites excluding steroid dienone is 42. The number of carboxylic acids is 1. The number of likely N-dealkylation sites (N-methyl/N-ethyl adjacent to an activating group) is 1. The van der Waals surface area contributed by atoms with Gasteiger partial charge in [-0.1, -0.05) is 275 Å². The van der Waals surface area contributed by atoms with Crippen molar-refractivity contribution in [3.63, 3.8) is 0 Å². The second kappa shape index (κ2) is 72.7. The van der Waals surface area contributed by atoms with E-state index in [1.165, 1.54) is 0 Å². The largest absolute Gasteiger partial charge is 0.545 e. The van der Waals surface area contributed by atoms with Gasteiger partial charge >= 0.3 is 11.9 Å². The lowest BCUT2D eigenvalue weighted by molar-refractivity contribution is -0.870. The Hall–Kier alpha value is -7.17. The zero-order valence-electron chi connectivity index (χ0n) is 59.7. The number of carbonyl (C=O) groups is 3. The van der Waals surface area contributed by atoms with Crippen molar-refractivity contribution in [1.29, 1.82) is 0 Å². The zero-order valence-corrected chi connectivity index (χ0v) is 59.7. The smallest absolute Gasteiger partial charge is 0.306 e. The molecule has 9 nitrogen and oxygen atoms in total. The van der Waals surface area contributed by atoms with Gasteiger partial charge in [0.15, 0.2) is 12.4 Å². The van der Waals surface area contributed by atoms with Gasteiger partial charge in [-0.05, 0) is 173 Å². The fourth-order valence-corrected chi connectivity index (χ4v) is 8.39. The number of hydrogen-bond acceptors (Lipinski definition) is 8. The van der Waals surface area contributed by atoms with Crippen LogP contribution in [0.1, 0.15) is 206 Å². The molecule has 0 radical (unpaired) electrons. The molecule has 0 aromatic carbocycles. The van der Waals surface area contributed by atoms with Crippen molar-refractivity contribution in [3.8, 4) is 0 Å². The van der Waals surface area contributed by atoms with E-state index in [-0.39, 0.29) is 32.7 Å². The monoisotopic (exact) mass is 1300 g/mol. The molecule has 0 amide bonds. The van der Waals surface area contributed by atoms with Crippen LogP contribution in [0, 0.1) is 0 Å². The number of rotatable bonds is 62. The van der Waals surface area contributed by atoms with Crippen molar-refractivity contribution in [3.05, 3.63) is 255 Å². The summed E-state index contributed by atoms with van der Waals surface area (Å²) >= 11 is 0. The van der Waals surface area contributed by atoms with Crippen molar-refractivity contribution in [2.75, 3.05) is 47.5 Å². The van der Waals surface area contributed by atoms with Crippen molar-refractivity contribution < 1.29 is 42.9 Å². The lowest BCUT2D eigenvalue weighted by atomic mass is 10.1. The van der Waals surface area contributed by atoms with Gasteiger partial charge in [0.1, 0.15) is 13.2 Å². The average Bonchev–Trinajstić information content (AvgIpc) is 3.75. The predicted molar refractivity (Wildman–Crippen MR) is 406 cm³/mol. The summed E-state index contributed by atoms with van der Waals surface area (Å²) in [6.45, 7) is 4.38. The highest BCUT2D eigenvalue weighted by Crippen LogP contribution is 2.11. The summed E-state index contributed by atoms with van der Waals surface area (Å²) in [5.74, 6) is -2.43. The molecule has 0 aliphatic rings. The Kier molecular flexibility index (Phi) is 67.2. The summed E-state index contributed by atoms with van der Waals surface area (Å²) in [7, 11) is 5.88. The van der Waals surface area contributed by atoms with E-state index < -0.39 is 30.3 Å². The summed E-state index contributed by atoms with van der Waals surface area (Å²) in [5.41, 5.74) is 0. The van der Waals surface area contributed by atoms with Crippen LogP contribution < -0.4 is 5.11 Å². The minimum absolute atomic E-state index is 0.118. The second-order valence-corrected chi connectivity index (χ2v) is 23.7. The minimum Gasteiger partial charge on any atom is -0.545 e. The van der Waals surface area contributed by atoms with Crippen LogP contribution in [0.3, 0.4) is 0 Å². The Morgan fingerprint density at radius 2 is 0.568 bits per heavy atom. The van der Waals surface area contributed by atoms with Crippen LogP contribution >= 0.6 is 0 Å². The first-order valence-corrected chi connectivity index (χ1v) is 35.8. The molecule has 0 N–H and O–H groups in total. The lowest BCUT2D eigenvalue weighted by Crippen LogP contribution is -2.44. The van der Waals surface area contributed by atoms with Gasteiger partial charge < -0.3 is 33.3 Å². The van der Waals surface area contributed by atoms with Gasteiger partial charge in [0, 0.05) is 12.8 Å². The average molecular weight is 1300 g/mol. The quantitative estimate of drug-likeness (QED) is 0.0195. The number of quaternary nitrogens is 1. The van der Waals surface area contributed by atoms with E-state index in [0.717, 1.165) is 167 Å². The number of hydrogen-bond donors (Lipinski definition) is 0. The molecule has 0 heterocycles. The van der Waals surface area contributed by atoms with Crippen LogP contribution in [0.2, 0.25) is 0 Å². The maximum Gasteiger partial charge on any atom is 0.306 e. The van der Waals surface area contributed by atoms with Crippen molar-refractivity contribution in [2.45, 2.75) is 219 Å². The summed E-state index contributed by atoms with van der Waals surface area (Å²) in [5, 5.41) is 11.8. The first kappa shape index (κ1) is 87.8. The van der Waals surface area contributed by atoms with Crippen LogP contribution in [0.15, 0.2) is 255 Å². The molecule has 0 aromatic rings. The Bertz CT molecular complexity index is 2510. The second-order valence-electron chi connectivity index (χ2n) is 23.7. The molecule has 0 bridgehead atoms. The minimum atomic E-state index is -1.66. The molecule has 2 atom stereocenters. The fourth-order valence-electron chi connectivity index (χ4n) is 8.39. The third kappa shape index (κ3) is 74.1. The van der Waals surface area contributed by atoms with E-state index in [1.54, 1.807) is 0 Å². The molecule has 0 rings (SSSR count). The Morgan fingerprint density at radius 3 is 0.842 bits per heavy atom. The molecule has 0 aromatic heterocycles. The molecule has 0 spiro atoms. The highest BCUT2D eigenvalue weighted by molar-refractivity contribution is 5.70. The highest BCUT2D eigenvalue weighted by atomic mass is 16.7. The third-order valence-corrected chi connectivity index (χ3v) is 13.8. The van der Waals surface area contributed by atoms with Gasteiger partial charge in [0.05, 0.1) is 40.3 Å². The van der Waals surface area contributed by atoms with Gasteiger partial charge in [0.2, 0.25) is 0 Å². The fraction of sp³-hybridized carbons (Fsp3) is 0.477. The molecule has 95 heavy (non-hydrogen) atoms. The lowest BCUT2D eigenvalue weighted by Gasteiger charge is -2.26. The van der Waals surface area contributed by atoms with Crippen molar-refractivity contribution in [2.24, 2.45) is 0 Å². The van der Waals surface area contributed by atoms with Crippen LogP contribution in [-0.2, 0) is 33.3 Å². The van der Waals surface area contributed by atoms with E-state index in [0.29, 0.717) is 23.9 Å². The molecular weight excluding hydrogens is 1170 g/mol. The summed E-state index contributed by atoms with van der Waals surface area (Å²) in [6.07, 6.45) is 116. The SMILES string of the molecule is CC/C=C\C/C=C\C/C=C\C/C=C\C/C=C\C/C=C\C/C=C\C/C=C\C/C=C\C/C=C\C/C=C\CCCCCC(=O)OC(COC(=O)CCCC/C=C\C/C=C\C/C=C\C/C=C\C/C=C\C/C=C\C/C=C\C/C=C\C/C=C\C/C=C\CC)COC(OCC[N+](C)(C)C)C(=O)[O-]. The topological polar surface area (TPSA) is 111 Å². The number of ether oxygens (including phenoxy) is 4.